The van der Waals surface area contributed by atoms with Crippen LogP contribution < -0.4 is 8.92 Å². The predicted molar refractivity (Wildman–Crippen MR) is 101 cm³/mol. The van der Waals surface area contributed by atoms with E-state index in [9.17, 15) is 0 Å². The molecule has 2 aromatic carbocycles. The van der Waals surface area contributed by atoms with E-state index in [0.717, 1.165) is 0 Å². The third-order valence-electron chi connectivity index (χ3n) is 3.30. The molecule has 0 aromatic heterocycles. The van der Waals surface area contributed by atoms with Crippen LogP contribution in [0, 0.1) is 0 Å². The molecule has 116 valence electrons. The summed E-state index contributed by atoms with van der Waals surface area (Å²) in [7, 11) is 0. The predicted octanol–water partition coefficient (Wildman–Crippen LogP) is 3.93. The fourth-order valence-corrected chi connectivity index (χ4v) is 6.81. The molecule has 0 nitrogen and oxygen atoms in total. The van der Waals surface area contributed by atoms with Gasteiger partial charge in [-0.2, -0.15) is 0 Å². The van der Waals surface area contributed by atoms with Gasteiger partial charge in [0.05, 0.1) is 0 Å². The van der Waals surface area contributed by atoms with Crippen molar-refractivity contribution in [2.45, 2.75) is 37.9 Å². The van der Waals surface area contributed by atoms with Crippen LogP contribution in [-0.2, 0) is 0 Å². The average Bonchev–Trinajstić information content (AvgIpc) is 2.58. The Kier molecular flexibility index (Phi) is 8.68. The van der Waals surface area contributed by atoms with Gasteiger partial charge in [0, 0.05) is 0 Å². The Morgan fingerprint density at radius 1 is 0.864 bits per heavy atom. The van der Waals surface area contributed by atoms with Gasteiger partial charge in [-0.05, 0) is 0 Å². The quantitative estimate of drug-likeness (QED) is 0.425. The molecule has 0 atom stereocenters. The van der Waals surface area contributed by atoms with E-state index in [1.54, 1.807) is 4.47 Å². The number of hydrogen-bond donors (Lipinski definition) is 0. The molecule has 0 aliphatic rings. The second-order valence-corrected chi connectivity index (χ2v) is 9.90. The van der Waals surface area contributed by atoms with Crippen molar-refractivity contribution >= 4 is 38.8 Å². The third-order valence-corrected chi connectivity index (χ3v) is 8.72. The Morgan fingerprint density at radius 3 is 2.14 bits per heavy atom. The molecule has 0 aliphatic carbocycles. The molecule has 0 saturated carbocycles. The zero-order valence-corrected chi connectivity index (χ0v) is 16.6. The van der Waals surface area contributed by atoms with Gasteiger partial charge in [0.15, 0.2) is 0 Å². The number of hydrogen-bond acceptors (Lipinski definition) is 0. The van der Waals surface area contributed by atoms with Crippen LogP contribution in [0.2, 0.25) is 5.32 Å². The Labute approximate surface area is 147 Å². The number of allylic oxidation sites excluding steroid dienone is 2. The van der Waals surface area contributed by atoms with Crippen LogP contribution in [0.1, 0.15) is 32.6 Å². The van der Waals surface area contributed by atoms with Crippen molar-refractivity contribution in [2.24, 2.45) is 0 Å². The number of benzene rings is 2. The van der Waals surface area contributed by atoms with Gasteiger partial charge in [0.25, 0.3) is 0 Å². The van der Waals surface area contributed by atoms with Crippen LogP contribution in [0.5, 0.6) is 0 Å². The summed E-state index contributed by atoms with van der Waals surface area (Å²) in [6.45, 7) is 2.27. The van der Waals surface area contributed by atoms with E-state index in [4.69, 9.17) is 0 Å². The first-order valence-electron chi connectivity index (χ1n) is 7.98. The Morgan fingerprint density at radius 2 is 1.50 bits per heavy atom. The van der Waals surface area contributed by atoms with E-state index >= 15 is 0 Å². The fraction of sp³-hybridized carbons (Fsp3) is 0.300. The Balaban J connectivity index is 1.94. The van der Waals surface area contributed by atoms with Crippen LogP contribution in [0.4, 0.5) is 0 Å². The molecule has 2 aromatic rings. The molecule has 0 amide bonds. The van der Waals surface area contributed by atoms with Crippen LogP contribution >= 0.6 is 0 Å². The van der Waals surface area contributed by atoms with E-state index in [1.807, 2.05) is 0 Å². The standard InChI is InChI=1S/C20H24Se2/c1-2-3-4-7-16-20(22-19-14-10-6-11-15-19)17-21-18-12-8-5-9-13-18/h5-6,8-16H,2-4,7,17H2,1H3/b20-16-. The van der Waals surface area contributed by atoms with Gasteiger partial charge in [-0.3, -0.25) is 0 Å². The van der Waals surface area contributed by atoms with Gasteiger partial charge in [0.1, 0.15) is 0 Å². The van der Waals surface area contributed by atoms with Crippen molar-refractivity contribution in [3.8, 4) is 0 Å². The Hall–Kier alpha value is -0.781. The van der Waals surface area contributed by atoms with E-state index in [0.29, 0.717) is 29.9 Å². The normalized spacial score (nSPS) is 11.6. The maximum absolute atomic E-state index is 2.54. The molecule has 0 saturated heterocycles. The maximum atomic E-state index is 2.54. The number of rotatable bonds is 9. The Bertz CT molecular complexity index is 546. The summed E-state index contributed by atoms with van der Waals surface area (Å²) < 4.78 is 4.69. The van der Waals surface area contributed by atoms with Crippen LogP contribution in [-0.4, -0.2) is 29.9 Å². The number of unbranched alkanes of at least 4 members (excludes halogenated alkanes) is 3. The van der Waals surface area contributed by atoms with E-state index in [-0.39, 0.29) is 0 Å². The molecule has 0 radical (unpaired) electrons. The monoisotopic (exact) mass is 424 g/mol. The molecule has 0 aliphatic heterocycles. The molecule has 0 heterocycles. The molecule has 2 rings (SSSR count). The summed E-state index contributed by atoms with van der Waals surface area (Å²) in [6, 6.07) is 21.9. The molecule has 0 N–H and O–H groups in total. The van der Waals surface area contributed by atoms with Crippen molar-refractivity contribution in [3.63, 3.8) is 0 Å². The van der Waals surface area contributed by atoms with Crippen LogP contribution in [0.3, 0.4) is 0 Å². The molecule has 0 spiro atoms. The van der Waals surface area contributed by atoms with Gasteiger partial charge < -0.3 is 0 Å². The van der Waals surface area contributed by atoms with Crippen molar-refractivity contribution in [1.29, 1.82) is 0 Å². The first-order valence-corrected chi connectivity index (χ1v) is 11.8. The SMILES string of the molecule is CCCCC/C=C(/C[Se]c1ccccc1)[Se]c1ccccc1. The average molecular weight is 422 g/mol. The summed E-state index contributed by atoms with van der Waals surface area (Å²) in [5.41, 5.74) is 0. The van der Waals surface area contributed by atoms with Crippen LogP contribution in [0.15, 0.2) is 71.2 Å². The minimum atomic E-state index is 0.490. The zero-order chi connectivity index (χ0) is 15.5. The molecular weight excluding hydrogens is 398 g/mol. The second kappa shape index (κ2) is 10.9. The fourth-order valence-electron chi connectivity index (χ4n) is 2.10. The summed E-state index contributed by atoms with van der Waals surface area (Å²) in [6.07, 6.45) is 7.78. The minimum absolute atomic E-state index is 0.490. The van der Waals surface area contributed by atoms with E-state index < -0.39 is 0 Å². The van der Waals surface area contributed by atoms with Crippen molar-refractivity contribution in [3.05, 3.63) is 71.2 Å². The first-order chi connectivity index (χ1) is 10.9. The zero-order valence-electron chi connectivity index (χ0n) is 13.2. The molecule has 0 bridgehead atoms. The second-order valence-electron chi connectivity index (χ2n) is 5.18. The van der Waals surface area contributed by atoms with E-state index in [1.165, 1.54) is 39.9 Å². The van der Waals surface area contributed by atoms with Crippen molar-refractivity contribution in [2.75, 3.05) is 0 Å². The van der Waals surface area contributed by atoms with Crippen molar-refractivity contribution in [1.82, 2.24) is 0 Å². The summed E-state index contributed by atoms with van der Waals surface area (Å²) in [4.78, 5) is 0. The van der Waals surface area contributed by atoms with Gasteiger partial charge in [-0.1, -0.05) is 0 Å². The summed E-state index contributed by atoms with van der Waals surface area (Å²) in [5.74, 6) is 0. The van der Waals surface area contributed by atoms with Gasteiger partial charge in [0.2, 0.25) is 0 Å². The van der Waals surface area contributed by atoms with Gasteiger partial charge in [-0.15, -0.1) is 0 Å². The molecule has 22 heavy (non-hydrogen) atoms. The topological polar surface area (TPSA) is 0 Å². The molecule has 0 unspecified atom stereocenters. The van der Waals surface area contributed by atoms with E-state index in [2.05, 4.69) is 73.7 Å². The van der Waals surface area contributed by atoms with Gasteiger partial charge in [-0.25, -0.2) is 0 Å². The third kappa shape index (κ3) is 6.99. The van der Waals surface area contributed by atoms with Gasteiger partial charge >= 0.3 is 148 Å². The molecule has 0 fully saturated rings. The molecular formula is C20H24Se2. The van der Waals surface area contributed by atoms with Crippen molar-refractivity contribution < 1.29 is 0 Å². The molecule has 2 heteroatoms. The first kappa shape index (κ1) is 17.6. The summed E-state index contributed by atoms with van der Waals surface area (Å²) >= 11 is 1.05. The summed E-state index contributed by atoms with van der Waals surface area (Å²) in [5, 5.41) is 1.26. The van der Waals surface area contributed by atoms with Crippen LogP contribution in [0.25, 0.3) is 0 Å².